The molecule has 47 heavy (non-hydrogen) atoms. The molecular formula is C44H29NOS. The second-order valence-corrected chi connectivity index (χ2v) is 14.8. The van der Waals surface area contributed by atoms with Crippen LogP contribution in [0, 0.1) is 0 Å². The third kappa shape index (κ3) is 3.34. The molecular weight excluding hydrogens is 591 g/mol. The summed E-state index contributed by atoms with van der Waals surface area (Å²) in [6, 6.07) is 58.1. The molecule has 2 heterocycles. The fraction of sp³-hybridized carbons (Fsp3) is 0.0227. The molecule has 8 aromatic rings. The van der Waals surface area contributed by atoms with Gasteiger partial charge in [-0.25, -0.2) is 0 Å². The molecule has 3 heteroatoms. The Hall–Kier alpha value is -5.64. The number of hydrogen-bond acceptors (Lipinski definition) is 1. The van der Waals surface area contributed by atoms with Crippen LogP contribution in [0.15, 0.2) is 174 Å². The van der Waals surface area contributed by atoms with Crippen molar-refractivity contribution in [3.05, 3.63) is 186 Å². The van der Waals surface area contributed by atoms with Crippen molar-refractivity contribution in [2.75, 3.05) is 0 Å². The van der Waals surface area contributed by atoms with Gasteiger partial charge in [0, 0.05) is 41.3 Å². The molecule has 0 fully saturated rings. The molecule has 10 rings (SSSR count). The van der Waals surface area contributed by atoms with E-state index in [2.05, 4.69) is 156 Å². The van der Waals surface area contributed by atoms with Crippen molar-refractivity contribution in [1.29, 1.82) is 0 Å². The molecule has 2 nitrogen and oxygen atoms in total. The van der Waals surface area contributed by atoms with Gasteiger partial charge in [0.15, 0.2) is 0 Å². The smallest absolute Gasteiger partial charge is 0.0757 e. The number of benzene rings is 7. The van der Waals surface area contributed by atoms with Gasteiger partial charge in [0.2, 0.25) is 0 Å². The van der Waals surface area contributed by atoms with Crippen LogP contribution >= 0.6 is 0 Å². The molecule has 0 amide bonds. The number of hydrogen-bond donors (Lipinski definition) is 0. The van der Waals surface area contributed by atoms with E-state index in [0.29, 0.717) is 0 Å². The zero-order valence-corrected chi connectivity index (χ0v) is 26.4. The molecule has 7 aromatic carbocycles. The van der Waals surface area contributed by atoms with E-state index in [0.717, 1.165) is 43.0 Å². The standard InChI is InChI=1S/C44H29NOS/c1-47(46)40-22-12-10-20-38(40)44(36-18-8-5-15-32(36)33-16-6-9-19-37(33)44)42-41(47)28-27-35-34-17-7-11-21-39(34)45(43(35)42)31-25-23-30(24-26-31)29-13-3-2-4-14-29/h2-28H,1H2. The molecule has 1 aliphatic heterocycles. The Bertz CT molecular complexity index is 2640. The lowest BCUT2D eigenvalue weighted by Gasteiger charge is -2.41. The maximum Gasteiger partial charge on any atom is 0.0757 e. The van der Waals surface area contributed by atoms with Crippen molar-refractivity contribution < 1.29 is 4.21 Å². The minimum absolute atomic E-state index is 0.687. The van der Waals surface area contributed by atoms with E-state index in [9.17, 15) is 0 Å². The van der Waals surface area contributed by atoms with Crippen LogP contribution in [0.5, 0.6) is 0 Å². The molecule has 222 valence electrons. The lowest BCUT2D eigenvalue weighted by atomic mass is 9.67. The molecule has 0 radical (unpaired) electrons. The highest BCUT2D eigenvalue weighted by Crippen LogP contribution is 2.62. The topological polar surface area (TPSA) is 22.0 Å². The first-order valence-electron chi connectivity index (χ1n) is 16.0. The van der Waals surface area contributed by atoms with Crippen molar-refractivity contribution >= 4 is 37.2 Å². The number of nitrogens with zero attached hydrogens (tertiary/aromatic N) is 1. The monoisotopic (exact) mass is 619 g/mol. The molecule has 0 saturated heterocycles. The van der Waals surface area contributed by atoms with Crippen molar-refractivity contribution in [3.8, 4) is 27.9 Å². The van der Waals surface area contributed by atoms with Crippen LogP contribution in [0.4, 0.5) is 0 Å². The molecule has 1 atom stereocenters. The summed E-state index contributed by atoms with van der Waals surface area (Å²) < 4.78 is 17.6. The summed E-state index contributed by atoms with van der Waals surface area (Å²) in [6.07, 6.45) is 0. The highest BCUT2D eigenvalue weighted by Gasteiger charge is 2.53. The number of para-hydroxylation sites is 1. The van der Waals surface area contributed by atoms with Crippen LogP contribution < -0.4 is 0 Å². The Labute approximate surface area is 274 Å². The van der Waals surface area contributed by atoms with Gasteiger partial charge in [-0.05, 0) is 75.1 Å². The molecule has 1 aliphatic carbocycles. The van der Waals surface area contributed by atoms with E-state index in [1.54, 1.807) is 0 Å². The van der Waals surface area contributed by atoms with Gasteiger partial charge in [-0.2, -0.15) is 0 Å². The lowest BCUT2D eigenvalue weighted by molar-refractivity contribution is 0.659. The zero-order valence-electron chi connectivity index (χ0n) is 25.6. The van der Waals surface area contributed by atoms with Crippen molar-refractivity contribution in [2.45, 2.75) is 15.2 Å². The Kier molecular flexibility index (Phi) is 5.34. The van der Waals surface area contributed by atoms with E-state index in [1.807, 2.05) is 18.2 Å². The molecule has 0 bridgehead atoms. The van der Waals surface area contributed by atoms with Crippen LogP contribution in [0.1, 0.15) is 22.3 Å². The number of aromatic nitrogens is 1. The molecule has 0 saturated carbocycles. The van der Waals surface area contributed by atoms with Gasteiger partial charge < -0.3 is 4.57 Å². The quantitative estimate of drug-likeness (QED) is 0.177. The van der Waals surface area contributed by atoms with Gasteiger partial charge in [-0.15, -0.1) is 0 Å². The lowest BCUT2D eigenvalue weighted by Crippen LogP contribution is -2.36. The second-order valence-electron chi connectivity index (χ2n) is 12.6. The second kappa shape index (κ2) is 9.45. The summed E-state index contributed by atoms with van der Waals surface area (Å²) in [5.41, 5.74) is 11.9. The highest BCUT2D eigenvalue weighted by atomic mass is 32.2. The van der Waals surface area contributed by atoms with Crippen molar-refractivity contribution in [1.82, 2.24) is 4.57 Å². The Morgan fingerprint density at radius 2 is 1.06 bits per heavy atom. The largest absolute Gasteiger partial charge is 0.309 e. The van der Waals surface area contributed by atoms with Crippen LogP contribution in [0.2, 0.25) is 0 Å². The molecule has 0 N–H and O–H groups in total. The van der Waals surface area contributed by atoms with E-state index >= 15 is 4.21 Å². The van der Waals surface area contributed by atoms with E-state index in [-0.39, 0.29) is 0 Å². The maximum atomic E-state index is 15.2. The van der Waals surface area contributed by atoms with Gasteiger partial charge in [-0.3, -0.25) is 4.21 Å². The first kappa shape index (κ1) is 26.6. The molecule has 2 aliphatic rings. The van der Waals surface area contributed by atoms with Gasteiger partial charge in [-0.1, -0.05) is 133 Å². The summed E-state index contributed by atoms with van der Waals surface area (Å²) in [7, 11) is -2.85. The Balaban J connectivity index is 1.41. The van der Waals surface area contributed by atoms with Crippen LogP contribution in [-0.2, 0) is 14.9 Å². The highest BCUT2D eigenvalue weighted by molar-refractivity contribution is 8.00. The van der Waals surface area contributed by atoms with E-state index < -0.39 is 14.9 Å². The predicted molar refractivity (Wildman–Crippen MR) is 195 cm³/mol. The van der Waals surface area contributed by atoms with E-state index in [1.165, 1.54) is 38.8 Å². The summed E-state index contributed by atoms with van der Waals surface area (Å²) in [6.45, 7) is 0. The SMILES string of the molecule is C=S1(=O)c2ccccc2C2(c3ccccc3-c3ccccc32)c2c1ccc1c3ccccc3n(-c3ccc(-c4ccccc4)cc3)c21. The Morgan fingerprint density at radius 3 is 1.79 bits per heavy atom. The van der Waals surface area contributed by atoms with Crippen molar-refractivity contribution in [3.63, 3.8) is 0 Å². The molecule has 1 unspecified atom stereocenters. The zero-order chi connectivity index (χ0) is 31.3. The summed E-state index contributed by atoms with van der Waals surface area (Å²) in [5, 5.41) is 2.31. The predicted octanol–water partition coefficient (Wildman–Crippen LogP) is 10.3. The van der Waals surface area contributed by atoms with Crippen molar-refractivity contribution in [2.24, 2.45) is 0 Å². The van der Waals surface area contributed by atoms with Gasteiger partial charge >= 0.3 is 0 Å². The minimum atomic E-state index is -2.85. The van der Waals surface area contributed by atoms with E-state index in [4.69, 9.17) is 0 Å². The van der Waals surface area contributed by atoms with Gasteiger partial charge in [0.1, 0.15) is 0 Å². The average molecular weight is 620 g/mol. The molecule has 1 spiro atoms. The van der Waals surface area contributed by atoms with Crippen LogP contribution in [0.3, 0.4) is 0 Å². The summed E-state index contributed by atoms with van der Waals surface area (Å²) in [5.74, 6) is 4.51. The normalized spacial score (nSPS) is 16.9. The fourth-order valence-corrected chi connectivity index (χ4v) is 10.5. The third-order valence-electron chi connectivity index (χ3n) is 10.4. The number of rotatable bonds is 2. The Morgan fingerprint density at radius 1 is 0.489 bits per heavy atom. The number of fused-ring (bicyclic) bond motifs is 13. The maximum absolute atomic E-state index is 15.2. The third-order valence-corrected chi connectivity index (χ3v) is 12.5. The molecule has 1 aromatic heterocycles. The van der Waals surface area contributed by atoms with Crippen LogP contribution in [-0.4, -0.2) is 14.6 Å². The first-order chi connectivity index (χ1) is 23.1. The van der Waals surface area contributed by atoms with Gasteiger partial charge in [0.25, 0.3) is 0 Å². The summed E-state index contributed by atoms with van der Waals surface area (Å²) >= 11 is 0. The minimum Gasteiger partial charge on any atom is -0.309 e. The van der Waals surface area contributed by atoms with Crippen LogP contribution in [0.25, 0.3) is 49.7 Å². The summed E-state index contributed by atoms with van der Waals surface area (Å²) in [4.78, 5) is 1.62. The fourth-order valence-electron chi connectivity index (χ4n) is 8.49. The van der Waals surface area contributed by atoms with Gasteiger partial charge in [0.05, 0.1) is 16.4 Å². The first-order valence-corrected chi connectivity index (χ1v) is 17.7. The average Bonchev–Trinajstić information content (AvgIpc) is 3.62.